The summed E-state index contributed by atoms with van der Waals surface area (Å²) in [4.78, 5) is 15.0. The second kappa shape index (κ2) is 8.83. The van der Waals surface area contributed by atoms with Crippen LogP contribution in [-0.4, -0.2) is 50.8 Å². The number of carbonyl (C=O) groups is 1. The van der Waals surface area contributed by atoms with E-state index in [-0.39, 0.29) is 11.9 Å². The van der Waals surface area contributed by atoms with Gasteiger partial charge in [-0.25, -0.2) is 0 Å². The third-order valence-corrected chi connectivity index (χ3v) is 4.83. The molecule has 2 aromatic rings. The summed E-state index contributed by atoms with van der Waals surface area (Å²) in [5, 5.41) is 3.11. The Morgan fingerprint density at radius 3 is 2.58 bits per heavy atom. The first-order chi connectivity index (χ1) is 12.7. The summed E-state index contributed by atoms with van der Waals surface area (Å²) in [5.74, 6) is 0.797. The first-order valence-corrected chi connectivity index (χ1v) is 8.99. The molecule has 5 heteroatoms. The summed E-state index contributed by atoms with van der Waals surface area (Å²) in [6, 6.07) is 15.7. The van der Waals surface area contributed by atoms with Gasteiger partial charge < -0.3 is 14.8 Å². The van der Waals surface area contributed by atoms with Gasteiger partial charge in [-0.2, -0.15) is 0 Å². The Labute approximate surface area is 154 Å². The van der Waals surface area contributed by atoms with Crippen LogP contribution in [-0.2, 0) is 4.74 Å². The standard InChI is InChI=1S/C21H26N2O3/c1-16-7-3-4-8-17(16)21(24)22-15-19(23-11-13-26-14-12-23)18-9-5-6-10-20(18)25-2/h3-10,19H,11-15H2,1-2H3,(H,22,24). The van der Waals surface area contributed by atoms with E-state index in [1.54, 1.807) is 7.11 Å². The molecule has 3 rings (SSSR count). The molecule has 0 aliphatic carbocycles. The number of nitrogens with one attached hydrogen (secondary N) is 1. The van der Waals surface area contributed by atoms with E-state index in [1.165, 1.54) is 0 Å². The molecule has 5 nitrogen and oxygen atoms in total. The number of carbonyl (C=O) groups excluding carboxylic acids is 1. The fourth-order valence-corrected chi connectivity index (χ4v) is 3.38. The second-order valence-corrected chi connectivity index (χ2v) is 6.43. The van der Waals surface area contributed by atoms with Crippen LogP contribution in [0.15, 0.2) is 48.5 Å². The number of hydrogen-bond acceptors (Lipinski definition) is 4. The second-order valence-electron chi connectivity index (χ2n) is 6.43. The molecule has 1 N–H and O–H groups in total. The van der Waals surface area contributed by atoms with Crippen molar-refractivity contribution in [3.63, 3.8) is 0 Å². The molecular weight excluding hydrogens is 328 g/mol. The first kappa shape index (κ1) is 18.4. The molecule has 1 amide bonds. The Morgan fingerprint density at radius 2 is 1.85 bits per heavy atom. The Kier molecular flexibility index (Phi) is 6.26. The SMILES string of the molecule is COc1ccccc1C(CNC(=O)c1ccccc1C)N1CCOCC1. The van der Waals surface area contributed by atoms with Crippen molar-refractivity contribution in [1.82, 2.24) is 10.2 Å². The van der Waals surface area contributed by atoms with Crippen molar-refractivity contribution in [1.29, 1.82) is 0 Å². The van der Waals surface area contributed by atoms with Crippen molar-refractivity contribution < 1.29 is 14.3 Å². The number of ether oxygens (including phenoxy) is 2. The third kappa shape index (κ3) is 4.23. The van der Waals surface area contributed by atoms with Gasteiger partial charge in [0, 0.05) is 30.8 Å². The third-order valence-electron chi connectivity index (χ3n) is 4.83. The van der Waals surface area contributed by atoms with E-state index < -0.39 is 0 Å². The van der Waals surface area contributed by atoms with E-state index in [4.69, 9.17) is 9.47 Å². The molecule has 1 heterocycles. The topological polar surface area (TPSA) is 50.8 Å². The molecule has 138 valence electrons. The van der Waals surface area contributed by atoms with Crippen LogP contribution < -0.4 is 10.1 Å². The maximum atomic E-state index is 12.7. The number of methoxy groups -OCH3 is 1. The van der Waals surface area contributed by atoms with Crippen LogP contribution in [0.1, 0.15) is 27.5 Å². The summed E-state index contributed by atoms with van der Waals surface area (Å²) in [6.07, 6.45) is 0. The Balaban J connectivity index is 1.80. The van der Waals surface area contributed by atoms with Crippen LogP contribution >= 0.6 is 0 Å². The minimum Gasteiger partial charge on any atom is -0.496 e. The van der Waals surface area contributed by atoms with Gasteiger partial charge in [-0.05, 0) is 24.6 Å². The van der Waals surface area contributed by atoms with Crippen molar-refractivity contribution in [3.8, 4) is 5.75 Å². The number of amides is 1. The zero-order valence-electron chi connectivity index (χ0n) is 15.4. The molecule has 1 fully saturated rings. The van der Waals surface area contributed by atoms with Gasteiger partial charge in [0.25, 0.3) is 5.91 Å². The number of hydrogen-bond donors (Lipinski definition) is 1. The number of para-hydroxylation sites is 1. The largest absolute Gasteiger partial charge is 0.496 e. The summed E-state index contributed by atoms with van der Waals surface area (Å²) < 4.78 is 11.0. The molecule has 0 bridgehead atoms. The van der Waals surface area contributed by atoms with Gasteiger partial charge in [-0.15, -0.1) is 0 Å². The van der Waals surface area contributed by atoms with Gasteiger partial charge in [0.1, 0.15) is 5.75 Å². The smallest absolute Gasteiger partial charge is 0.251 e. The molecular formula is C21H26N2O3. The van der Waals surface area contributed by atoms with Crippen molar-refractivity contribution in [2.75, 3.05) is 40.0 Å². The normalized spacial score (nSPS) is 16.1. The lowest BCUT2D eigenvalue weighted by atomic mass is 10.0. The molecule has 1 atom stereocenters. The van der Waals surface area contributed by atoms with Gasteiger partial charge in [0.15, 0.2) is 0 Å². The molecule has 1 unspecified atom stereocenters. The Bertz CT molecular complexity index is 742. The average molecular weight is 354 g/mol. The highest BCUT2D eigenvalue weighted by Gasteiger charge is 2.25. The van der Waals surface area contributed by atoms with Crippen LogP contribution in [0.4, 0.5) is 0 Å². The van der Waals surface area contributed by atoms with Crippen LogP contribution in [0.5, 0.6) is 5.75 Å². The average Bonchev–Trinajstić information content (AvgIpc) is 2.69. The van der Waals surface area contributed by atoms with E-state index in [0.717, 1.165) is 30.0 Å². The Morgan fingerprint density at radius 1 is 1.15 bits per heavy atom. The lowest BCUT2D eigenvalue weighted by Gasteiger charge is -2.35. The maximum absolute atomic E-state index is 12.7. The maximum Gasteiger partial charge on any atom is 0.251 e. The predicted octanol–water partition coefficient (Wildman–Crippen LogP) is 2.81. The number of morpholine rings is 1. The minimum absolute atomic E-state index is 0.0445. The minimum atomic E-state index is -0.0451. The van der Waals surface area contributed by atoms with E-state index >= 15 is 0 Å². The molecule has 2 aromatic carbocycles. The molecule has 1 aliphatic rings. The van der Waals surface area contributed by atoms with E-state index in [0.29, 0.717) is 25.3 Å². The quantitative estimate of drug-likeness (QED) is 0.867. The van der Waals surface area contributed by atoms with Crippen LogP contribution in [0, 0.1) is 6.92 Å². The summed E-state index contributed by atoms with van der Waals surface area (Å²) in [5.41, 5.74) is 2.78. The first-order valence-electron chi connectivity index (χ1n) is 8.99. The summed E-state index contributed by atoms with van der Waals surface area (Å²) in [7, 11) is 1.68. The van der Waals surface area contributed by atoms with Crippen molar-refractivity contribution in [2.45, 2.75) is 13.0 Å². The van der Waals surface area contributed by atoms with Crippen LogP contribution in [0.25, 0.3) is 0 Å². The fourth-order valence-electron chi connectivity index (χ4n) is 3.38. The molecule has 0 aromatic heterocycles. The highest BCUT2D eigenvalue weighted by Crippen LogP contribution is 2.29. The monoisotopic (exact) mass is 354 g/mol. The highest BCUT2D eigenvalue weighted by molar-refractivity contribution is 5.95. The molecule has 0 spiro atoms. The van der Waals surface area contributed by atoms with E-state index in [9.17, 15) is 4.79 Å². The predicted molar refractivity (Wildman–Crippen MR) is 102 cm³/mol. The van der Waals surface area contributed by atoms with Gasteiger partial charge in [0.2, 0.25) is 0 Å². The van der Waals surface area contributed by atoms with Gasteiger partial charge in [-0.1, -0.05) is 36.4 Å². The zero-order valence-corrected chi connectivity index (χ0v) is 15.4. The number of benzene rings is 2. The van der Waals surface area contributed by atoms with E-state index in [1.807, 2.05) is 49.4 Å². The van der Waals surface area contributed by atoms with Gasteiger partial charge >= 0.3 is 0 Å². The summed E-state index contributed by atoms with van der Waals surface area (Å²) >= 11 is 0. The van der Waals surface area contributed by atoms with Gasteiger partial charge in [0.05, 0.1) is 26.4 Å². The van der Waals surface area contributed by atoms with Gasteiger partial charge in [-0.3, -0.25) is 9.69 Å². The number of nitrogens with zero attached hydrogens (tertiary/aromatic N) is 1. The highest BCUT2D eigenvalue weighted by atomic mass is 16.5. The number of aryl methyl sites for hydroxylation is 1. The Hall–Kier alpha value is -2.37. The summed E-state index contributed by atoms with van der Waals surface area (Å²) in [6.45, 7) is 5.56. The zero-order chi connectivity index (χ0) is 18.4. The van der Waals surface area contributed by atoms with Crippen LogP contribution in [0.2, 0.25) is 0 Å². The van der Waals surface area contributed by atoms with Crippen molar-refractivity contribution in [3.05, 3.63) is 65.2 Å². The molecule has 26 heavy (non-hydrogen) atoms. The van der Waals surface area contributed by atoms with Crippen molar-refractivity contribution >= 4 is 5.91 Å². The number of rotatable bonds is 6. The fraction of sp³-hybridized carbons (Fsp3) is 0.381. The van der Waals surface area contributed by atoms with Crippen LogP contribution in [0.3, 0.4) is 0 Å². The van der Waals surface area contributed by atoms with E-state index in [2.05, 4.69) is 16.3 Å². The molecule has 1 aliphatic heterocycles. The molecule has 0 radical (unpaired) electrons. The van der Waals surface area contributed by atoms with Crippen molar-refractivity contribution in [2.24, 2.45) is 0 Å². The molecule has 1 saturated heterocycles. The molecule has 0 saturated carbocycles. The lowest BCUT2D eigenvalue weighted by Crippen LogP contribution is -2.44. The lowest BCUT2D eigenvalue weighted by molar-refractivity contribution is 0.0157.